The van der Waals surface area contributed by atoms with Gasteiger partial charge in [0, 0.05) is 0 Å². The van der Waals surface area contributed by atoms with Crippen LogP contribution in [0, 0.1) is 23.2 Å². The van der Waals surface area contributed by atoms with Crippen molar-refractivity contribution in [3.63, 3.8) is 0 Å². The zero-order valence-corrected chi connectivity index (χ0v) is 14.1. The van der Waals surface area contributed by atoms with Crippen molar-refractivity contribution >= 4 is 0 Å². The van der Waals surface area contributed by atoms with Gasteiger partial charge in [-0.25, -0.2) is 0 Å². The molecule has 3 aliphatic rings. The molecule has 7 atom stereocenters. The number of aryl methyl sites for hydroxylation is 1. The van der Waals surface area contributed by atoms with Crippen molar-refractivity contribution in [1.82, 2.24) is 0 Å². The molecule has 3 aliphatic carbocycles. The van der Waals surface area contributed by atoms with Crippen molar-refractivity contribution in [3.8, 4) is 5.75 Å². The largest absolute Gasteiger partial charge is 0.508 e. The van der Waals surface area contributed by atoms with Crippen LogP contribution in [0.2, 0.25) is 0 Å². The fraction of sp³-hybridized carbons (Fsp3) is 0.700. The highest BCUT2D eigenvalue weighted by Crippen LogP contribution is 2.63. The molecule has 2 fully saturated rings. The van der Waals surface area contributed by atoms with Gasteiger partial charge in [0.25, 0.3) is 0 Å². The van der Waals surface area contributed by atoms with Gasteiger partial charge in [0.2, 0.25) is 0 Å². The summed E-state index contributed by atoms with van der Waals surface area (Å²) in [6, 6.07) is 5.87. The minimum absolute atomic E-state index is 0.143. The lowest BCUT2D eigenvalue weighted by Crippen LogP contribution is -2.48. The Balaban J connectivity index is 1.78. The van der Waals surface area contributed by atoms with Crippen LogP contribution in [0.4, 0.5) is 0 Å². The molecule has 0 heterocycles. The summed E-state index contributed by atoms with van der Waals surface area (Å²) in [5, 5.41) is 30.7. The zero-order chi connectivity index (χ0) is 16.4. The lowest BCUT2D eigenvalue weighted by atomic mass is 9.51. The number of hydrogen-bond acceptors (Lipinski definition) is 3. The number of aromatic hydroxyl groups is 1. The van der Waals surface area contributed by atoms with E-state index in [1.807, 2.05) is 12.1 Å². The van der Waals surface area contributed by atoms with Gasteiger partial charge in [0.15, 0.2) is 0 Å². The SMILES string of the molecule is CC[C@H]1C[C@]2(C)[C@@H](O)[C@H](O)C[C@H]2[C@@H]2CCc3cc(O)ccc3[C@@H]12. The smallest absolute Gasteiger partial charge is 0.115 e. The van der Waals surface area contributed by atoms with E-state index < -0.39 is 12.2 Å². The maximum absolute atomic E-state index is 10.6. The summed E-state index contributed by atoms with van der Waals surface area (Å²) < 4.78 is 0. The highest BCUT2D eigenvalue weighted by Gasteiger charge is 2.59. The monoisotopic (exact) mass is 316 g/mol. The summed E-state index contributed by atoms with van der Waals surface area (Å²) in [7, 11) is 0. The first-order valence-electron chi connectivity index (χ1n) is 9.13. The molecule has 0 spiro atoms. The number of hydrogen-bond donors (Lipinski definition) is 3. The van der Waals surface area contributed by atoms with Crippen molar-refractivity contribution in [2.75, 3.05) is 0 Å². The van der Waals surface area contributed by atoms with Crippen molar-refractivity contribution in [3.05, 3.63) is 29.3 Å². The summed E-state index contributed by atoms with van der Waals surface area (Å²) in [5.41, 5.74) is 2.56. The maximum atomic E-state index is 10.6. The normalized spacial score (nSPS) is 45.2. The van der Waals surface area contributed by atoms with Gasteiger partial charge >= 0.3 is 0 Å². The fourth-order valence-electron chi connectivity index (χ4n) is 6.26. The molecule has 0 aromatic heterocycles. The Morgan fingerprint density at radius 2 is 2.04 bits per heavy atom. The first-order valence-corrected chi connectivity index (χ1v) is 9.13. The van der Waals surface area contributed by atoms with Crippen LogP contribution in [-0.2, 0) is 6.42 Å². The van der Waals surface area contributed by atoms with Crippen LogP contribution in [0.15, 0.2) is 18.2 Å². The molecule has 0 radical (unpaired) electrons. The molecule has 0 amide bonds. The zero-order valence-electron chi connectivity index (χ0n) is 14.1. The molecule has 0 aliphatic heterocycles. The van der Waals surface area contributed by atoms with Gasteiger partial charge in [-0.1, -0.05) is 26.3 Å². The molecule has 3 N–H and O–H groups in total. The van der Waals surface area contributed by atoms with Crippen LogP contribution in [0.5, 0.6) is 5.75 Å². The second-order valence-electron chi connectivity index (χ2n) is 8.34. The predicted octanol–water partition coefficient (Wildman–Crippen LogP) is 3.22. The number of aliphatic hydroxyl groups is 2. The van der Waals surface area contributed by atoms with Crippen LogP contribution in [0.25, 0.3) is 0 Å². The van der Waals surface area contributed by atoms with Crippen LogP contribution < -0.4 is 0 Å². The van der Waals surface area contributed by atoms with Gasteiger partial charge in [0.05, 0.1) is 12.2 Å². The number of phenols is 1. The van der Waals surface area contributed by atoms with E-state index in [-0.39, 0.29) is 5.41 Å². The van der Waals surface area contributed by atoms with Crippen molar-refractivity contribution in [2.45, 2.75) is 64.1 Å². The number of fused-ring (bicyclic) bond motifs is 5. The molecule has 4 rings (SSSR count). The maximum Gasteiger partial charge on any atom is 0.115 e. The van der Waals surface area contributed by atoms with Gasteiger partial charge in [-0.05, 0) is 78.0 Å². The average molecular weight is 316 g/mol. The van der Waals surface area contributed by atoms with Crippen LogP contribution >= 0.6 is 0 Å². The average Bonchev–Trinajstić information content (AvgIpc) is 2.77. The lowest BCUT2D eigenvalue weighted by Gasteiger charge is -2.53. The van der Waals surface area contributed by atoms with E-state index in [2.05, 4.69) is 19.9 Å². The Bertz CT molecular complexity index is 613. The second-order valence-corrected chi connectivity index (χ2v) is 8.34. The molecule has 0 unspecified atom stereocenters. The Kier molecular flexibility index (Phi) is 3.51. The summed E-state index contributed by atoms with van der Waals surface area (Å²) in [6.45, 7) is 4.45. The van der Waals surface area contributed by atoms with Crippen molar-refractivity contribution in [2.24, 2.45) is 23.2 Å². The molecule has 0 saturated heterocycles. The topological polar surface area (TPSA) is 60.7 Å². The summed E-state index contributed by atoms with van der Waals surface area (Å²) >= 11 is 0. The van der Waals surface area contributed by atoms with Crippen LogP contribution in [0.3, 0.4) is 0 Å². The van der Waals surface area contributed by atoms with Gasteiger partial charge in [-0.2, -0.15) is 0 Å². The standard InChI is InChI=1S/C20H28O3/c1-3-11-10-20(2)16(9-17(22)19(20)23)15-6-4-12-8-13(21)5-7-14(12)18(11)15/h5,7-8,11,15-19,21-23H,3-4,6,9-10H2,1-2H3/t11-,15-,16-,17+,18+,19-,20-/m0/s1. The van der Waals surface area contributed by atoms with E-state index in [4.69, 9.17) is 0 Å². The molecular weight excluding hydrogens is 288 g/mol. The molecule has 2 saturated carbocycles. The van der Waals surface area contributed by atoms with E-state index >= 15 is 0 Å². The first kappa shape index (κ1) is 15.5. The molecule has 3 nitrogen and oxygen atoms in total. The molecule has 126 valence electrons. The minimum atomic E-state index is -0.580. The van der Waals surface area contributed by atoms with Gasteiger partial charge in [-0.15, -0.1) is 0 Å². The molecule has 23 heavy (non-hydrogen) atoms. The highest BCUT2D eigenvalue weighted by atomic mass is 16.3. The quantitative estimate of drug-likeness (QED) is 0.745. The number of rotatable bonds is 1. The van der Waals surface area contributed by atoms with Gasteiger partial charge in [0.1, 0.15) is 5.75 Å². The second kappa shape index (κ2) is 5.22. The predicted molar refractivity (Wildman–Crippen MR) is 89.3 cm³/mol. The number of aliphatic hydroxyl groups excluding tert-OH is 2. The third-order valence-electron chi connectivity index (χ3n) is 7.33. The summed E-state index contributed by atoms with van der Waals surface area (Å²) in [6.07, 6.45) is 3.80. The first-order chi connectivity index (χ1) is 11.0. The Morgan fingerprint density at radius 1 is 1.26 bits per heavy atom. The number of benzene rings is 1. The van der Waals surface area contributed by atoms with Crippen LogP contribution in [0.1, 0.15) is 56.6 Å². The van der Waals surface area contributed by atoms with E-state index in [0.717, 1.165) is 32.1 Å². The van der Waals surface area contributed by atoms with E-state index in [1.54, 1.807) is 0 Å². The highest BCUT2D eigenvalue weighted by molar-refractivity contribution is 5.40. The van der Waals surface area contributed by atoms with Crippen molar-refractivity contribution < 1.29 is 15.3 Å². The number of phenolic OH excluding ortho intramolecular Hbond substituents is 1. The van der Waals surface area contributed by atoms with Crippen molar-refractivity contribution in [1.29, 1.82) is 0 Å². The lowest BCUT2D eigenvalue weighted by molar-refractivity contribution is -0.0684. The third kappa shape index (κ3) is 2.09. The molecular formula is C20H28O3. The van der Waals surface area contributed by atoms with E-state index in [0.29, 0.717) is 29.4 Å². The summed E-state index contributed by atoms with van der Waals surface area (Å²) in [5.74, 6) is 2.37. The molecule has 3 heteroatoms. The Morgan fingerprint density at radius 3 is 2.78 bits per heavy atom. The van der Waals surface area contributed by atoms with E-state index in [1.165, 1.54) is 11.1 Å². The third-order valence-corrected chi connectivity index (χ3v) is 7.33. The van der Waals surface area contributed by atoms with Gasteiger partial charge < -0.3 is 15.3 Å². The van der Waals surface area contributed by atoms with Crippen LogP contribution in [-0.4, -0.2) is 27.5 Å². The molecule has 0 bridgehead atoms. The van der Waals surface area contributed by atoms with E-state index in [9.17, 15) is 15.3 Å². The Hall–Kier alpha value is -1.06. The molecule has 1 aromatic rings. The minimum Gasteiger partial charge on any atom is -0.508 e. The Labute approximate surface area is 138 Å². The van der Waals surface area contributed by atoms with Gasteiger partial charge in [-0.3, -0.25) is 0 Å². The molecule has 1 aromatic carbocycles. The summed E-state index contributed by atoms with van der Waals surface area (Å²) in [4.78, 5) is 0. The fourth-order valence-corrected chi connectivity index (χ4v) is 6.26.